The van der Waals surface area contributed by atoms with Gasteiger partial charge in [0.15, 0.2) is 17.3 Å². The molecule has 13 nitrogen and oxygen atoms in total. The average molecular weight is 654 g/mol. The molecule has 1 amide bonds. The van der Waals surface area contributed by atoms with E-state index in [1.165, 1.54) is 37.8 Å². The molecule has 5 aromatic rings. The molecule has 0 spiro atoms. The van der Waals surface area contributed by atoms with Gasteiger partial charge < -0.3 is 24.4 Å². The van der Waals surface area contributed by atoms with Crippen molar-refractivity contribution < 1.29 is 28.9 Å². The molecule has 3 aromatic heterocycles. The van der Waals surface area contributed by atoms with E-state index in [-0.39, 0.29) is 47.1 Å². The number of azo groups is 1. The van der Waals surface area contributed by atoms with E-state index >= 15 is 4.39 Å². The number of pyridine rings is 2. The van der Waals surface area contributed by atoms with Gasteiger partial charge in [-0.3, -0.25) is 24.0 Å². The summed E-state index contributed by atoms with van der Waals surface area (Å²) in [6, 6.07) is 11.4. The van der Waals surface area contributed by atoms with Crippen LogP contribution in [0, 0.1) is 5.82 Å². The van der Waals surface area contributed by atoms with Crippen LogP contribution in [0.25, 0.3) is 21.8 Å². The van der Waals surface area contributed by atoms with Crippen molar-refractivity contribution >= 4 is 45.1 Å². The number of methoxy groups -OCH3 is 1. The van der Waals surface area contributed by atoms with Gasteiger partial charge in [-0.2, -0.15) is 0 Å². The van der Waals surface area contributed by atoms with Gasteiger partial charge in [0.2, 0.25) is 11.3 Å². The van der Waals surface area contributed by atoms with Gasteiger partial charge in [0.25, 0.3) is 5.91 Å². The van der Waals surface area contributed by atoms with Crippen molar-refractivity contribution in [2.75, 3.05) is 31.6 Å². The second kappa shape index (κ2) is 12.2. The minimum atomic E-state index is -1.36. The first-order valence-electron chi connectivity index (χ1n) is 15.5. The van der Waals surface area contributed by atoms with E-state index in [0.29, 0.717) is 41.6 Å². The zero-order chi connectivity index (χ0) is 33.7. The molecular formula is C34H32FN7O6. The van der Waals surface area contributed by atoms with Crippen molar-refractivity contribution in [3.05, 3.63) is 88.2 Å². The van der Waals surface area contributed by atoms with Crippen LogP contribution in [0.5, 0.6) is 11.6 Å². The summed E-state index contributed by atoms with van der Waals surface area (Å²) in [7, 11) is 1.42. The lowest BCUT2D eigenvalue weighted by atomic mass is 10.1. The van der Waals surface area contributed by atoms with Crippen LogP contribution in [-0.2, 0) is 6.67 Å². The molecule has 246 valence electrons. The lowest BCUT2D eigenvalue weighted by molar-refractivity contribution is 0.0694. The van der Waals surface area contributed by atoms with Crippen molar-refractivity contribution in [2.24, 2.45) is 10.2 Å². The summed E-state index contributed by atoms with van der Waals surface area (Å²) in [4.78, 5) is 45.4. The van der Waals surface area contributed by atoms with Crippen LogP contribution in [0.4, 0.5) is 15.8 Å². The lowest BCUT2D eigenvalue weighted by Crippen LogP contribution is -2.52. The highest BCUT2D eigenvalue weighted by Crippen LogP contribution is 2.44. The second-order valence-electron chi connectivity index (χ2n) is 12.1. The predicted octanol–water partition coefficient (Wildman–Crippen LogP) is 5.33. The van der Waals surface area contributed by atoms with Crippen molar-refractivity contribution in [1.29, 1.82) is 0 Å². The molecule has 48 heavy (non-hydrogen) atoms. The Morgan fingerprint density at radius 3 is 2.54 bits per heavy atom. The van der Waals surface area contributed by atoms with Crippen molar-refractivity contribution in [3.8, 4) is 11.6 Å². The molecule has 2 N–H and O–H groups in total. The number of aromatic carboxylic acids is 1. The molecule has 0 bridgehead atoms. The largest absolute Gasteiger partial charge is 0.493 e. The molecule has 2 aliphatic rings. The van der Waals surface area contributed by atoms with Crippen LogP contribution in [0.15, 0.2) is 76.1 Å². The van der Waals surface area contributed by atoms with Gasteiger partial charge in [0.1, 0.15) is 11.3 Å². The van der Waals surface area contributed by atoms with Crippen LogP contribution >= 0.6 is 0 Å². The van der Waals surface area contributed by atoms with Crippen molar-refractivity contribution in [2.45, 2.75) is 38.5 Å². The summed E-state index contributed by atoms with van der Waals surface area (Å²) in [5.74, 6) is -2.55. The van der Waals surface area contributed by atoms with E-state index in [9.17, 15) is 24.6 Å². The fourth-order valence-corrected chi connectivity index (χ4v) is 6.48. The molecule has 2 aromatic carbocycles. The molecule has 1 saturated heterocycles. The highest BCUT2D eigenvalue weighted by molar-refractivity contribution is 5.98. The Morgan fingerprint density at radius 2 is 1.85 bits per heavy atom. The molecule has 0 radical (unpaired) electrons. The Balaban J connectivity index is 1.18. The number of aromatic nitrogens is 3. The molecule has 1 atom stereocenters. The number of fused-ring (bicyclic) bond motifs is 2. The molecule has 1 aliphatic heterocycles. The van der Waals surface area contributed by atoms with Crippen LogP contribution in [0.1, 0.15) is 46.5 Å². The molecule has 1 saturated carbocycles. The molecule has 1 unspecified atom stereocenters. The number of anilines is 1. The van der Waals surface area contributed by atoms with E-state index in [2.05, 4.69) is 20.1 Å². The van der Waals surface area contributed by atoms with Gasteiger partial charge in [0, 0.05) is 61.3 Å². The zero-order valence-electron chi connectivity index (χ0n) is 26.2. The number of rotatable bonds is 8. The summed E-state index contributed by atoms with van der Waals surface area (Å²) in [5.41, 5.74) is 0.640. The van der Waals surface area contributed by atoms with Crippen LogP contribution in [0.2, 0.25) is 0 Å². The Kier molecular flexibility index (Phi) is 7.87. The Morgan fingerprint density at radius 1 is 1.10 bits per heavy atom. The second-order valence-corrected chi connectivity index (χ2v) is 12.1. The number of nitrogens with zero attached hydrogens (tertiary/aromatic N) is 7. The highest BCUT2D eigenvalue weighted by atomic mass is 19.1. The molecule has 1 aliphatic carbocycles. The first-order valence-corrected chi connectivity index (χ1v) is 15.5. The highest BCUT2D eigenvalue weighted by Gasteiger charge is 2.34. The predicted molar refractivity (Wildman–Crippen MR) is 175 cm³/mol. The monoisotopic (exact) mass is 653 g/mol. The third-order valence-electron chi connectivity index (χ3n) is 9.06. The number of carboxylic acids is 1. The van der Waals surface area contributed by atoms with E-state index in [0.717, 1.165) is 18.9 Å². The van der Waals surface area contributed by atoms with E-state index in [4.69, 9.17) is 4.74 Å². The quantitative estimate of drug-likeness (QED) is 0.212. The molecule has 4 heterocycles. The van der Waals surface area contributed by atoms with Crippen LogP contribution in [0.3, 0.4) is 0 Å². The molecular weight excluding hydrogens is 621 g/mol. The number of hydrogen-bond donors (Lipinski definition) is 2. The number of halogens is 1. The number of carbonyl (C=O) groups is 2. The molecule has 7 rings (SSSR count). The number of piperazine rings is 1. The van der Waals surface area contributed by atoms with E-state index in [1.54, 1.807) is 15.2 Å². The minimum absolute atomic E-state index is 0.00330. The maximum atomic E-state index is 15.9. The smallest absolute Gasteiger partial charge is 0.341 e. The Labute approximate surface area is 273 Å². The first-order chi connectivity index (χ1) is 23.2. The number of carboxylic acid groups (broad SMARTS) is 1. The number of para-hydroxylation sites is 1. The van der Waals surface area contributed by atoms with Crippen molar-refractivity contribution in [1.82, 2.24) is 19.0 Å². The number of ether oxygens (including phenoxy) is 1. The first kappa shape index (κ1) is 31.0. The SMILES string of the molecule is COc1c(N2CCN(Cn3c(O)c(N=NC(=O)c4ccncc4)c4ccccc43)C(C)C2)c(F)cc2c(=O)c(C(=O)O)cn(C3CC3)c12. The molecule has 14 heteroatoms. The Hall–Kier alpha value is -5.63. The summed E-state index contributed by atoms with van der Waals surface area (Å²) < 4.78 is 25.2. The fourth-order valence-electron chi connectivity index (χ4n) is 6.48. The maximum absolute atomic E-state index is 15.9. The van der Waals surface area contributed by atoms with Crippen molar-refractivity contribution in [3.63, 3.8) is 0 Å². The number of carbonyl (C=O) groups excluding carboxylic acids is 1. The van der Waals surface area contributed by atoms with E-state index < -0.39 is 28.7 Å². The van der Waals surface area contributed by atoms with Gasteiger partial charge in [-0.25, -0.2) is 9.18 Å². The average Bonchev–Trinajstić information content (AvgIpc) is 3.90. The van der Waals surface area contributed by atoms with Crippen LogP contribution in [-0.4, -0.2) is 73.9 Å². The van der Waals surface area contributed by atoms with Gasteiger partial charge in [-0.1, -0.05) is 18.2 Å². The Bertz CT molecular complexity index is 2180. The summed E-state index contributed by atoms with van der Waals surface area (Å²) >= 11 is 0. The number of aromatic hydroxyl groups is 1. The zero-order valence-corrected chi connectivity index (χ0v) is 26.2. The maximum Gasteiger partial charge on any atom is 0.341 e. The minimum Gasteiger partial charge on any atom is -0.493 e. The third-order valence-corrected chi connectivity index (χ3v) is 9.06. The summed E-state index contributed by atoms with van der Waals surface area (Å²) in [6.45, 7) is 3.56. The van der Waals surface area contributed by atoms with Gasteiger partial charge >= 0.3 is 5.97 Å². The number of benzene rings is 2. The summed E-state index contributed by atoms with van der Waals surface area (Å²) in [5, 5.41) is 29.5. The topological polar surface area (TPSA) is 155 Å². The third kappa shape index (κ3) is 5.33. The fraction of sp³-hybridized carbons (Fsp3) is 0.294. The summed E-state index contributed by atoms with van der Waals surface area (Å²) in [6.07, 6.45) is 5.94. The molecule has 2 fully saturated rings. The van der Waals surface area contributed by atoms with E-state index in [1.807, 2.05) is 30.0 Å². The normalized spacial score (nSPS) is 17.1. The van der Waals surface area contributed by atoms with Gasteiger partial charge in [-0.15, -0.1) is 10.2 Å². The number of amides is 1. The van der Waals surface area contributed by atoms with Gasteiger partial charge in [0.05, 0.1) is 30.2 Å². The standard InChI is InChI=1S/C34H32FN7O6/c1-19-16-39(29-25(35)15-23-28(31(29)48-2)41(21-7-8-21)17-24(30(23)43)34(46)47)13-14-40(19)18-42-26-6-4-3-5-22(26)27(33(42)45)37-38-32(44)20-9-11-36-12-10-20/h3-6,9-12,15,17,19,21,45H,7-8,13-14,16,18H2,1-2H3,(H,46,47). The number of hydrogen-bond acceptors (Lipinski definition) is 9. The van der Waals surface area contributed by atoms with Crippen LogP contribution < -0.4 is 15.1 Å². The van der Waals surface area contributed by atoms with Gasteiger partial charge in [-0.05, 0) is 44.0 Å². The lowest BCUT2D eigenvalue weighted by Gasteiger charge is -2.41.